The first kappa shape index (κ1) is 14.5. The third kappa shape index (κ3) is 4.35. The molecule has 0 fully saturated rings. The van der Waals surface area contributed by atoms with E-state index in [1.54, 1.807) is 0 Å². The van der Waals surface area contributed by atoms with E-state index in [9.17, 15) is 0 Å². The molecule has 0 bridgehead atoms. The predicted molar refractivity (Wildman–Crippen MR) is 79.7 cm³/mol. The largest absolute Gasteiger partial charge is 0.344 e. The van der Waals surface area contributed by atoms with Crippen molar-refractivity contribution in [3.63, 3.8) is 0 Å². The van der Waals surface area contributed by atoms with E-state index in [0.29, 0.717) is 24.4 Å². The molecule has 1 heterocycles. The molecule has 1 atom stereocenters. The first-order valence-corrected chi connectivity index (χ1v) is 6.92. The fourth-order valence-electron chi connectivity index (χ4n) is 1.89. The van der Waals surface area contributed by atoms with Gasteiger partial charge in [0, 0.05) is 20.1 Å². The number of benzene rings is 1. The molecule has 5 nitrogen and oxygen atoms in total. The van der Waals surface area contributed by atoms with Crippen LogP contribution in [-0.4, -0.2) is 30.3 Å². The van der Waals surface area contributed by atoms with Crippen LogP contribution in [0.15, 0.2) is 34.9 Å². The van der Waals surface area contributed by atoms with Gasteiger partial charge >= 0.3 is 0 Å². The number of aryl methyl sites for hydroxylation is 1. The monoisotopic (exact) mass is 274 g/mol. The Morgan fingerprint density at radius 1 is 1.25 bits per heavy atom. The number of hydrogen-bond donors (Lipinski definition) is 1. The van der Waals surface area contributed by atoms with Crippen LogP contribution in [-0.2, 0) is 13.0 Å². The fraction of sp³-hybridized carbons (Fsp3) is 0.467. The molecule has 1 aromatic carbocycles. The van der Waals surface area contributed by atoms with Gasteiger partial charge in [0.1, 0.15) is 0 Å². The third-order valence-electron chi connectivity index (χ3n) is 3.17. The van der Waals surface area contributed by atoms with E-state index in [-0.39, 0.29) is 0 Å². The smallest absolute Gasteiger partial charge is 0.265 e. The standard InChI is InChI=1S/C15H22N4O/c1-12(9-10-13-7-5-4-6-8-13)16-11-14-17-15(18-20-14)19(2)3/h4-8,12,16H,9-11H2,1-3H3. The Morgan fingerprint density at radius 2 is 2.00 bits per heavy atom. The van der Waals surface area contributed by atoms with Crippen molar-refractivity contribution < 1.29 is 4.52 Å². The highest BCUT2D eigenvalue weighted by Crippen LogP contribution is 2.07. The van der Waals surface area contributed by atoms with E-state index in [2.05, 4.69) is 46.6 Å². The lowest BCUT2D eigenvalue weighted by atomic mass is 10.1. The minimum atomic E-state index is 0.407. The highest BCUT2D eigenvalue weighted by molar-refractivity contribution is 5.23. The molecule has 0 saturated carbocycles. The van der Waals surface area contributed by atoms with Gasteiger partial charge in [-0.3, -0.25) is 0 Å². The van der Waals surface area contributed by atoms with E-state index in [1.165, 1.54) is 5.56 Å². The van der Waals surface area contributed by atoms with E-state index in [4.69, 9.17) is 4.52 Å². The molecule has 0 aliphatic carbocycles. The van der Waals surface area contributed by atoms with Crippen LogP contribution < -0.4 is 10.2 Å². The summed E-state index contributed by atoms with van der Waals surface area (Å²) < 4.78 is 5.17. The van der Waals surface area contributed by atoms with Crippen LogP contribution in [0, 0.1) is 0 Å². The van der Waals surface area contributed by atoms with Gasteiger partial charge in [0.05, 0.1) is 6.54 Å². The van der Waals surface area contributed by atoms with Gasteiger partial charge in [-0.2, -0.15) is 4.98 Å². The zero-order valence-corrected chi connectivity index (χ0v) is 12.3. The maximum absolute atomic E-state index is 5.17. The first-order valence-electron chi connectivity index (χ1n) is 6.92. The molecular formula is C15H22N4O. The lowest BCUT2D eigenvalue weighted by Crippen LogP contribution is -2.26. The van der Waals surface area contributed by atoms with Crippen molar-refractivity contribution in [1.29, 1.82) is 0 Å². The summed E-state index contributed by atoms with van der Waals surface area (Å²) in [5.74, 6) is 1.24. The number of nitrogens with zero attached hydrogens (tertiary/aromatic N) is 3. The minimum absolute atomic E-state index is 0.407. The fourth-order valence-corrected chi connectivity index (χ4v) is 1.89. The zero-order valence-electron chi connectivity index (χ0n) is 12.3. The molecule has 0 aliphatic heterocycles. The molecule has 1 aromatic heterocycles. The average Bonchev–Trinajstić information content (AvgIpc) is 2.93. The van der Waals surface area contributed by atoms with Gasteiger partial charge in [-0.1, -0.05) is 30.3 Å². The highest BCUT2D eigenvalue weighted by atomic mass is 16.5. The van der Waals surface area contributed by atoms with Crippen molar-refractivity contribution >= 4 is 5.95 Å². The Morgan fingerprint density at radius 3 is 2.65 bits per heavy atom. The average molecular weight is 274 g/mol. The van der Waals surface area contributed by atoms with Crippen molar-refractivity contribution in [1.82, 2.24) is 15.5 Å². The second-order valence-corrected chi connectivity index (χ2v) is 5.19. The van der Waals surface area contributed by atoms with Crippen LogP contribution in [0.2, 0.25) is 0 Å². The molecule has 0 aliphatic rings. The second-order valence-electron chi connectivity index (χ2n) is 5.19. The SMILES string of the molecule is CC(CCc1ccccc1)NCc1nc(N(C)C)no1. The summed E-state index contributed by atoms with van der Waals surface area (Å²) in [5, 5.41) is 7.29. The molecule has 1 unspecified atom stereocenters. The lowest BCUT2D eigenvalue weighted by molar-refractivity contribution is 0.356. The second kappa shape index (κ2) is 7.05. The van der Waals surface area contributed by atoms with Crippen molar-refractivity contribution in [3.8, 4) is 0 Å². The van der Waals surface area contributed by atoms with Crippen LogP contribution >= 0.6 is 0 Å². The third-order valence-corrected chi connectivity index (χ3v) is 3.17. The van der Waals surface area contributed by atoms with E-state index in [1.807, 2.05) is 25.1 Å². The number of nitrogens with one attached hydrogen (secondary N) is 1. The molecule has 0 amide bonds. The molecule has 20 heavy (non-hydrogen) atoms. The molecule has 2 rings (SSSR count). The van der Waals surface area contributed by atoms with Gasteiger partial charge in [0.15, 0.2) is 0 Å². The number of hydrogen-bond acceptors (Lipinski definition) is 5. The predicted octanol–water partition coefficient (Wildman–Crippen LogP) is 2.25. The van der Waals surface area contributed by atoms with E-state index >= 15 is 0 Å². The molecule has 0 radical (unpaired) electrons. The van der Waals surface area contributed by atoms with Crippen LogP contribution in [0.4, 0.5) is 5.95 Å². The molecular weight excluding hydrogens is 252 g/mol. The molecule has 1 N–H and O–H groups in total. The summed E-state index contributed by atoms with van der Waals surface area (Å²) in [5.41, 5.74) is 1.37. The van der Waals surface area contributed by atoms with Gasteiger partial charge < -0.3 is 14.7 Å². The highest BCUT2D eigenvalue weighted by Gasteiger charge is 2.09. The van der Waals surface area contributed by atoms with E-state index in [0.717, 1.165) is 12.8 Å². The van der Waals surface area contributed by atoms with Crippen LogP contribution in [0.25, 0.3) is 0 Å². The molecule has 5 heteroatoms. The normalized spacial score (nSPS) is 12.3. The molecule has 0 spiro atoms. The maximum Gasteiger partial charge on any atom is 0.265 e. The van der Waals surface area contributed by atoms with Crippen LogP contribution in [0.1, 0.15) is 24.8 Å². The van der Waals surface area contributed by atoms with Crippen LogP contribution in [0.3, 0.4) is 0 Å². The van der Waals surface area contributed by atoms with E-state index < -0.39 is 0 Å². The van der Waals surface area contributed by atoms with Gasteiger partial charge in [0.2, 0.25) is 5.89 Å². The summed E-state index contributed by atoms with van der Waals surface area (Å²) in [6.07, 6.45) is 2.15. The van der Waals surface area contributed by atoms with Crippen molar-refractivity contribution in [2.75, 3.05) is 19.0 Å². The van der Waals surface area contributed by atoms with Crippen LogP contribution in [0.5, 0.6) is 0 Å². The Labute approximate surface area is 120 Å². The van der Waals surface area contributed by atoms with Gasteiger partial charge in [-0.15, -0.1) is 0 Å². The summed E-state index contributed by atoms with van der Waals surface area (Å²) >= 11 is 0. The molecule has 0 saturated heterocycles. The Hall–Kier alpha value is -1.88. The molecule has 108 valence electrons. The first-order chi connectivity index (χ1) is 9.65. The number of anilines is 1. The quantitative estimate of drug-likeness (QED) is 0.839. The number of aromatic nitrogens is 2. The maximum atomic E-state index is 5.17. The summed E-state index contributed by atoms with van der Waals surface area (Å²) in [6, 6.07) is 10.9. The van der Waals surface area contributed by atoms with Crippen molar-refractivity contribution in [2.45, 2.75) is 32.4 Å². The zero-order chi connectivity index (χ0) is 14.4. The van der Waals surface area contributed by atoms with Crippen molar-refractivity contribution in [3.05, 3.63) is 41.8 Å². The summed E-state index contributed by atoms with van der Waals surface area (Å²) in [7, 11) is 3.79. The lowest BCUT2D eigenvalue weighted by Gasteiger charge is -2.12. The summed E-state index contributed by atoms with van der Waals surface area (Å²) in [6.45, 7) is 2.78. The minimum Gasteiger partial charge on any atom is -0.344 e. The topological polar surface area (TPSA) is 54.2 Å². The van der Waals surface area contributed by atoms with Gasteiger partial charge in [-0.25, -0.2) is 0 Å². The Bertz CT molecular complexity index is 510. The molecule has 2 aromatic rings. The number of rotatable bonds is 7. The Kier molecular flexibility index (Phi) is 5.12. The Balaban J connectivity index is 1.73. The van der Waals surface area contributed by atoms with Gasteiger partial charge in [-0.05, 0) is 30.5 Å². The van der Waals surface area contributed by atoms with Crippen molar-refractivity contribution in [2.24, 2.45) is 0 Å². The van der Waals surface area contributed by atoms with Gasteiger partial charge in [0.25, 0.3) is 5.95 Å². The summed E-state index contributed by atoms with van der Waals surface area (Å²) in [4.78, 5) is 6.11.